The molecule has 0 amide bonds. The number of methoxy groups -OCH3 is 1. The van der Waals surface area contributed by atoms with Crippen LogP contribution in [0, 0.1) is 5.41 Å². The van der Waals surface area contributed by atoms with Gasteiger partial charge in [-0.2, -0.15) is 11.8 Å². The van der Waals surface area contributed by atoms with Crippen molar-refractivity contribution in [2.24, 2.45) is 10.4 Å². The topological polar surface area (TPSA) is 36.9 Å². The van der Waals surface area contributed by atoms with Gasteiger partial charge in [0.15, 0.2) is 5.96 Å². The SMILES string of the molecule is CCNC(=NCC1(CCOC)CCC1)N1CCSC(CC)C1.I. The molecule has 1 aliphatic heterocycles. The Morgan fingerprint density at radius 3 is 2.74 bits per heavy atom. The smallest absolute Gasteiger partial charge is 0.193 e. The second-order valence-corrected chi connectivity index (χ2v) is 8.02. The number of nitrogens with zero attached hydrogens (tertiary/aromatic N) is 2. The molecule has 1 atom stereocenters. The Labute approximate surface area is 163 Å². The Bertz CT molecular complexity index is 364. The van der Waals surface area contributed by atoms with Gasteiger partial charge in [-0.25, -0.2) is 0 Å². The summed E-state index contributed by atoms with van der Waals surface area (Å²) in [5, 5.41) is 4.26. The van der Waals surface area contributed by atoms with E-state index >= 15 is 0 Å². The molecule has 1 N–H and O–H groups in total. The molecule has 0 aromatic rings. The van der Waals surface area contributed by atoms with Crippen molar-refractivity contribution >= 4 is 41.7 Å². The first kappa shape index (κ1) is 21.4. The first-order valence-corrected chi connectivity index (χ1v) is 9.91. The first-order chi connectivity index (χ1) is 10.7. The number of guanidine groups is 1. The van der Waals surface area contributed by atoms with Gasteiger partial charge in [-0.3, -0.25) is 4.99 Å². The minimum atomic E-state index is 0. The molecule has 23 heavy (non-hydrogen) atoms. The Morgan fingerprint density at radius 1 is 1.39 bits per heavy atom. The van der Waals surface area contributed by atoms with Gasteiger partial charge in [0.05, 0.1) is 0 Å². The van der Waals surface area contributed by atoms with E-state index in [9.17, 15) is 0 Å². The minimum absolute atomic E-state index is 0. The van der Waals surface area contributed by atoms with E-state index in [0.29, 0.717) is 5.41 Å². The predicted molar refractivity (Wildman–Crippen MR) is 112 cm³/mol. The Morgan fingerprint density at radius 2 is 2.17 bits per heavy atom. The van der Waals surface area contributed by atoms with E-state index in [4.69, 9.17) is 9.73 Å². The first-order valence-electron chi connectivity index (χ1n) is 8.87. The molecule has 1 saturated carbocycles. The Kier molecular flexibility index (Phi) is 10.2. The van der Waals surface area contributed by atoms with Crippen molar-refractivity contribution in [1.82, 2.24) is 10.2 Å². The molecule has 1 heterocycles. The van der Waals surface area contributed by atoms with Crippen LogP contribution in [0.1, 0.15) is 46.0 Å². The number of aliphatic imine (C=N–C) groups is 1. The van der Waals surface area contributed by atoms with E-state index in [1.165, 1.54) is 31.4 Å². The fraction of sp³-hybridized carbons (Fsp3) is 0.941. The van der Waals surface area contributed by atoms with Crippen LogP contribution in [0.25, 0.3) is 0 Å². The van der Waals surface area contributed by atoms with Crippen LogP contribution < -0.4 is 5.32 Å². The summed E-state index contributed by atoms with van der Waals surface area (Å²) in [6.45, 7) is 9.48. The number of thioether (sulfide) groups is 1. The molecule has 0 spiro atoms. The average Bonchev–Trinajstić information content (AvgIpc) is 2.52. The second-order valence-electron chi connectivity index (χ2n) is 6.61. The summed E-state index contributed by atoms with van der Waals surface area (Å²) in [6.07, 6.45) is 6.38. The van der Waals surface area contributed by atoms with Crippen LogP contribution in [0.2, 0.25) is 0 Å². The Hall–Kier alpha value is 0.310. The molecule has 136 valence electrons. The summed E-state index contributed by atoms with van der Waals surface area (Å²) in [5.74, 6) is 2.35. The number of hydrogen-bond donors (Lipinski definition) is 1. The van der Waals surface area contributed by atoms with Crippen molar-refractivity contribution in [1.29, 1.82) is 0 Å². The molecule has 6 heteroatoms. The van der Waals surface area contributed by atoms with Gasteiger partial charge in [0, 0.05) is 50.9 Å². The number of hydrogen-bond acceptors (Lipinski definition) is 3. The van der Waals surface area contributed by atoms with E-state index < -0.39 is 0 Å². The fourth-order valence-corrected chi connectivity index (χ4v) is 4.49. The van der Waals surface area contributed by atoms with Crippen LogP contribution in [0.3, 0.4) is 0 Å². The number of ether oxygens (including phenoxy) is 1. The third-order valence-corrected chi connectivity index (χ3v) is 6.42. The van der Waals surface area contributed by atoms with Gasteiger partial charge in [0.25, 0.3) is 0 Å². The van der Waals surface area contributed by atoms with E-state index in [1.54, 1.807) is 7.11 Å². The number of nitrogens with one attached hydrogen (secondary N) is 1. The zero-order valence-electron chi connectivity index (χ0n) is 15.0. The van der Waals surface area contributed by atoms with Crippen molar-refractivity contribution in [2.75, 3.05) is 45.6 Å². The highest BCUT2D eigenvalue weighted by Gasteiger charge is 2.36. The van der Waals surface area contributed by atoms with Crippen LogP contribution in [0.15, 0.2) is 4.99 Å². The third-order valence-electron chi connectivity index (χ3n) is 5.04. The van der Waals surface area contributed by atoms with E-state index in [2.05, 4.69) is 35.8 Å². The minimum Gasteiger partial charge on any atom is -0.385 e. The zero-order chi connectivity index (χ0) is 15.8. The highest BCUT2D eigenvalue weighted by molar-refractivity contribution is 14.0. The highest BCUT2D eigenvalue weighted by atomic mass is 127. The van der Waals surface area contributed by atoms with Crippen LogP contribution in [0.4, 0.5) is 0 Å². The lowest BCUT2D eigenvalue weighted by Gasteiger charge is -2.41. The molecular formula is C17H34IN3OS. The molecule has 0 bridgehead atoms. The monoisotopic (exact) mass is 455 g/mol. The van der Waals surface area contributed by atoms with Crippen LogP contribution in [-0.4, -0.2) is 61.8 Å². The van der Waals surface area contributed by atoms with Crippen molar-refractivity contribution < 1.29 is 4.74 Å². The van der Waals surface area contributed by atoms with Crippen LogP contribution in [-0.2, 0) is 4.74 Å². The molecule has 2 fully saturated rings. The molecule has 1 unspecified atom stereocenters. The maximum Gasteiger partial charge on any atom is 0.193 e. The lowest BCUT2D eigenvalue weighted by atomic mass is 9.67. The fourth-order valence-electron chi connectivity index (χ4n) is 3.31. The Balaban J connectivity index is 0.00000264. The van der Waals surface area contributed by atoms with Crippen LogP contribution in [0.5, 0.6) is 0 Å². The average molecular weight is 455 g/mol. The summed E-state index contributed by atoms with van der Waals surface area (Å²) in [6, 6.07) is 0. The van der Waals surface area contributed by atoms with Crippen molar-refractivity contribution in [3.05, 3.63) is 0 Å². The van der Waals surface area contributed by atoms with Gasteiger partial charge >= 0.3 is 0 Å². The summed E-state index contributed by atoms with van der Waals surface area (Å²) in [4.78, 5) is 7.49. The normalized spacial score (nSPS) is 23.9. The summed E-state index contributed by atoms with van der Waals surface area (Å²) in [7, 11) is 1.80. The lowest BCUT2D eigenvalue weighted by molar-refractivity contribution is 0.0776. The third kappa shape index (κ3) is 6.27. The van der Waals surface area contributed by atoms with E-state index in [1.807, 2.05) is 0 Å². The van der Waals surface area contributed by atoms with Crippen molar-refractivity contribution in [2.45, 2.75) is 51.2 Å². The molecule has 0 radical (unpaired) electrons. The number of halogens is 1. The maximum atomic E-state index is 5.30. The number of rotatable bonds is 7. The van der Waals surface area contributed by atoms with Gasteiger partial charge in [0.2, 0.25) is 0 Å². The molecule has 0 aromatic heterocycles. The molecule has 2 rings (SSSR count). The largest absolute Gasteiger partial charge is 0.385 e. The molecule has 0 aromatic carbocycles. The lowest BCUT2D eigenvalue weighted by Crippen LogP contribution is -2.48. The standard InChI is InChI=1S/C17H33N3OS.HI/c1-4-15-13-20(10-12-22-15)16(18-5-2)19-14-17(7-6-8-17)9-11-21-3;/h15H,4-14H2,1-3H3,(H,18,19);1H. The van der Waals surface area contributed by atoms with Gasteiger partial charge in [-0.05, 0) is 38.0 Å². The van der Waals surface area contributed by atoms with Crippen molar-refractivity contribution in [3.8, 4) is 0 Å². The van der Waals surface area contributed by atoms with Gasteiger partial charge < -0.3 is 15.0 Å². The molecule has 1 aliphatic carbocycles. The molecule has 1 saturated heterocycles. The van der Waals surface area contributed by atoms with Crippen LogP contribution >= 0.6 is 35.7 Å². The van der Waals surface area contributed by atoms with Gasteiger partial charge in [-0.15, -0.1) is 24.0 Å². The maximum absolute atomic E-state index is 5.30. The predicted octanol–water partition coefficient (Wildman–Crippen LogP) is 3.60. The molecular weight excluding hydrogens is 421 g/mol. The summed E-state index contributed by atoms with van der Waals surface area (Å²) >= 11 is 2.11. The highest BCUT2D eigenvalue weighted by Crippen LogP contribution is 2.44. The van der Waals surface area contributed by atoms with Crippen molar-refractivity contribution in [3.63, 3.8) is 0 Å². The second kappa shape index (κ2) is 11.0. The zero-order valence-corrected chi connectivity index (χ0v) is 18.1. The summed E-state index contributed by atoms with van der Waals surface area (Å²) in [5.41, 5.74) is 0.408. The molecule has 4 nitrogen and oxygen atoms in total. The molecule has 2 aliphatic rings. The quantitative estimate of drug-likeness (QED) is 0.362. The van der Waals surface area contributed by atoms with E-state index in [-0.39, 0.29) is 24.0 Å². The van der Waals surface area contributed by atoms with E-state index in [0.717, 1.165) is 50.4 Å². The van der Waals surface area contributed by atoms with Gasteiger partial charge in [0.1, 0.15) is 0 Å². The summed E-state index contributed by atoms with van der Waals surface area (Å²) < 4.78 is 5.30. The van der Waals surface area contributed by atoms with Gasteiger partial charge in [-0.1, -0.05) is 13.3 Å².